The minimum atomic E-state index is -0.510. The van der Waals surface area contributed by atoms with E-state index in [2.05, 4.69) is 0 Å². The molecule has 2 aromatic rings. The van der Waals surface area contributed by atoms with Crippen molar-refractivity contribution in [2.45, 2.75) is 12.1 Å². The zero-order valence-electron chi connectivity index (χ0n) is 11.8. The largest absolute Gasteiger partial charge is 0.463 e. The number of benzene rings is 2. The van der Waals surface area contributed by atoms with Crippen molar-refractivity contribution >= 4 is 11.7 Å². The molecule has 1 heterocycles. The minimum Gasteiger partial charge on any atom is -0.463 e. The highest BCUT2D eigenvalue weighted by Gasteiger charge is 2.37. The summed E-state index contributed by atoms with van der Waals surface area (Å²) in [6, 6.07) is 19.0. The fourth-order valence-corrected chi connectivity index (χ4v) is 2.61. The maximum absolute atomic E-state index is 8.36. The van der Waals surface area contributed by atoms with Crippen LogP contribution in [0, 0.1) is 10.8 Å². The number of likely N-dealkylation sites (N-methyl/N-ethyl adjacent to an activating group) is 1. The van der Waals surface area contributed by atoms with Gasteiger partial charge in [-0.15, -0.1) is 0 Å². The summed E-state index contributed by atoms with van der Waals surface area (Å²) >= 11 is 0. The van der Waals surface area contributed by atoms with E-state index in [0.717, 1.165) is 11.1 Å². The Bertz CT molecular complexity index is 654. The lowest BCUT2D eigenvalue weighted by atomic mass is 10.00. The normalized spacial score (nSPS) is 22.0. The molecule has 0 aromatic heterocycles. The molecule has 0 spiro atoms. The SMILES string of the molecule is CN1C(=N)C(c2ccccc2)OC(=N)C1c1ccccc1. The number of hydrogen-bond acceptors (Lipinski definition) is 3. The van der Waals surface area contributed by atoms with E-state index in [1.54, 1.807) is 4.90 Å². The van der Waals surface area contributed by atoms with E-state index < -0.39 is 6.10 Å². The van der Waals surface area contributed by atoms with Crippen LogP contribution in [-0.4, -0.2) is 23.7 Å². The molecule has 4 heteroatoms. The van der Waals surface area contributed by atoms with Crippen LogP contribution in [0.3, 0.4) is 0 Å². The van der Waals surface area contributed by atoms with Crippen LogP contribution in [-0.2, 0) is 4.74 Å². The van der Waals surface area contributed by atoms with E-state index in [9.17, 15) is 0 Å². The second-order valence-corrected chi connectivity index (χ2v) is 5.08. The van der Waals surface area contributed by atoms with E-state index in [1.807, 2.05) is 67.7 Å². The summed E-state index contributed by atoms with van der Waals surface area (Å²) in [5.41, 5.74) is 1.85. The average Bonchev–Trinajstić information content (AvgIpc) is 2.53. The van der Waals surface area contributed by atoms with Gasteiger partial charge < -0.3 is 9.64 Å². The Labute approximate surface area is 124 Å². The first kappa shape index (κ1) is 13.4. The second-order valence-electron chi connectivity index (χ2n) is 5.08. The molecule has 1 aliphatic rings. The molecule has 1 aliphatic heterocycles. The van der Waals surface area contributed by atoms with Crippen LogP contribution in [0.25, 0.3) is 0 Å². The van der Waals surface area contributed by atoms with Crippen LogP contribution < -0.4 is 0 Å². The van der Waals surface area contributed by atoms with Crippen molar-refractivity contribution in [1.29, 1.82) is 10.8 Å². The summed E-state index contributed by atoms with van der Waals surface area (Å²) in [5, 5.41) is 16.6. The summed E-state index contributed by atoms with van der Waals surface area (Å²) in [7, 11) is 1.84. The van der Waals surface area contributed by atoms with Crippen LogP contribution in [0.15, 0.2) is 60.7 Å². The topological polar surface area (TPSA) is 60.2 Å². The molecule has 4 nitrogen and oxygen atoms in total. The smallest absolute Gasteiger partial charge is 0.209 e. The van der Waals surface area contributed by atoms with Crippen molar-refractivity contribution < 1.29 is 4.74 Å². The number of nitrogens with zero attached hydrogens (tertiary/aromatic N) is 1. The lowest BCUT2D eigenvalue weighted by Crippen LogP contribution is -2.45. The van der Waals surface area contributed by atoms with Crippen LogP contribution in [0.1, 0.15) is 23.3 Å². The summed E-state index contributed by atoms with van der Waals surface area (Å²) in [4.78, 5) is 1.80. The fraction of sp³-hybridized carbons (Fsp3) is 0.176. The summed E-state index contributed by atoms with van der Waals surface area (Å²) in [6.45, 7) is 0. The maximum atomic E-state index is 8.36. The van der Waals surface area contributed by atoms with E-state index in [4.69, 9.17) is 15.6 Å². The molecular weight excluding hydrogens is 262 g/mol. The van der Waals surface area contributed by atoms with E-state index >= 15 is 0 Å². The number of hydrogen-bond donors (Lipinski definition) is 2. The predicted octanol–water partition coefficient (Wildman–Crippen LogP) is 3.39. The summed E-state index contributed by atoms with van der Waals surface area (Å²) < 4.78 is 5.74. The highest BCUT2D eigenvalue weighted by atomic mass is 16.5. The first-order valence-electron chi connectivity index (χ1n) is 6.84. The van der Waals surface area contributed by atoms with Gasteiger partial charge in [0, 0.05) is 12.6 Å². The van der Waals surface area contributed by atoms with Crippen LogP contribution >= 0.6 is 0 Å². The van der Waals surface area contributed by atoms with E-state index in [1.165, 1.54) is 0 Å². The molecule has 0 saturated carbocycles. The van der Waals surface area contributed by atoms with E-state index in [-0.39, 0.29) is 11.9 Å². The Kier molecular flexibility index (Phi) is 3.44. The van der Waals surface area contributed by atoms with Crippen molar-refractivity contribution in [2.75, 3.05) is 7.05 Å². The third-order valence-electron chi connectivity index (χ3n) is 3.73. The van der Waals surface area contributed by atoms with Crippen molar-refractivity contribution in [2.24, 2.45) is 0 Å². The molecule has 0 radical (unpaired) electrons. The Morgan fingerprint density at radius 2 is 1.38 bits per heavy atom. The van der Waals surface area contributed by atoms with Crippen LogP contribution in [0.5, 0.6) is 0 Å². The van der Waals surface area contributed by atoms with Crippen LogP contribution in [0.2, 0.25) is 0 Å². The molecule has 1 fully saturated rings. The van der Waals surface area contributed by atoms with Gasteiger partial charge in [0.25, 0.3) is 0 Å². The first-order chi connectivity index (χ1) is 10.2. The maximum Gasteiger partial charge on any atom is 0.209 e. The summed E-state index contributed by atoms with van der Waals surface area (Å²) in [6.07, 6.45) is -0.510. The lowest BCUT2D eigenvalue weighted by molar-refractivity contribution is 0.175. The molecule has 0 aliphatic carbocycles. The van der Waals surface area contributed by atoms with Crippen molar-refractivity contribution in [1.82, 2.24) is 4.90 Å². The molecular formula is C17H17N3O. The van der Waals surface area contributed by atoms with Crippen molar-refractivity contribution in [3.8, 4) is 0 Å². The zero-order valence-corrected chi connectivity index (χ0v) is 11.8. The van der Waals surface area contributed by atoms with Gasteiger partial charge in [-0.2, -0.15) is 0 Å². The number of morpholine rings is 1. The Balaban J connectivity index is 1.92. The van der Waals surface area contributed by atoms with Gasteiger partial charge in [-0.3, -0.25) is 10.8 Å². The molecule has 0 amide bonds. The molecule has 106 valence electrons. The number of amidine groups is 1. The summed E-state index contributed by atoms with van der Waals surface area (Å²) in [5.74, 6) is 0.541. The number of nitrogens with one attached hydrogen (secondary N) is 2. The fourth-order valence-electron chi connectivity index (χ4n) is 2.61. The van der Waals surface area contributed by atoms with Gasteiger partial charge in [-0.1, -0.05) is 60.7 Å². The average molecular weight is 279 g/mol. The van der Waals surface area contributed by atoms with Crippen molar-refractivity contribution in [3.63, 3.8) is 0 Å². The molecule has 2 N–H and O–H groups in total. The lowest BCUT2D eigenvalue weighted by Gasteiger charge is -2.39. The highest BCUT2D eigenvalue weighted by Crippen LogP contribution is 2.33. The molecule has 2 unspecified atom stereocenters. The third kappa shape index (κ3) is 2.40. The quantitative estimate of drug-likeness (QED) is 0.885. The Morgan fingerprint density at radius 1 is 0.857 bits per heavy atom. The number of rotatable bonds is 2. The van der Waals surface area contributed by atoms with Crippen LogP contribution in [0.4, 0.5) is 0 Å². The highest BCUT2D eigenvalue weighted by molar-refractivity contribution is 5.96. The van der Waals surface area contributed by atoms with Gasteiger partial charge in [0.1, 0.15) is 11.9 Å². The molecule has 3 rings (SSSR count). The molecule has 2 atom stereocenters. The van der Waals surface area contributed by atoms with Gasteiger partial charge >= 0.3 is 0 Å². The molecule has 0 bridgehead atoms. The predicted molar refractivity (Wildman–Crippen MR) is 82.7 cm³/mol. The van der Waals surface area contributed by atoms with Gasteiger partial charge in [-0.25, -0.2) is 0 Å². The Hall–Kier alpha value is -2.62. The van der Waals surface area contributed by atoms with Gasteiger partial charge in [0.2, 0.25) is 5.90 Å². The van der Waals surface area contributed by atoms with Gasteiger partial charge in [0.05, 0.1) is 0 Å². The molecule has 1 saturated heterocycles. The van der Waals surface area contributed by atoms with Crippen molar-refractivity contribution in [3.05, 3.63) is 71.8 Å². The molecule has 21 heavy (non-hydrogen) atoms. The zero-order chi connectivity index (χ0) is 14.8. The van der Waals surface area contributed by atoms with Gasteiger partial charge in [-0.05, 0) is 5.56 Å². The standard InChI is InChI=1S/C17H17N3O/c1-20-14(12-8-4-2-5-9-12)17(19)21-15(16(20)18)13-10-6-3-7-11-13/h2-11,14-15,18-19H,1H3. The minimum absolute atomic E-state index is 0.175. The van der Waals surface area contributed by atoms with Gasteiger partial charge in [0.15, 0.2) is 6.10 Å². The first-order valence-corrected chi connectivity index (χ1v) is 6.84. The second kappa shape index (κ2) is 5.40. The monoisotopic (exact) mass is 279 g/mol. The third-order valence-corrected chi connectivity index (χ3v) is 3.73. The number of ether oxygens (including phenoxy) is 1. The Morgan fingerprint density at radius 3 is 1.95 bits per heavy atom. The van der Waals surface area contributed by atoms with E-state index in [0.29, 0.717) is 5.84 Å². The molecule has 2 aromatic carbocycles.